The number of H-pyrrole nitrogens is 1. The van der Waals surface area contributed by atoms with E-state index in [1.807, 2.05) is 12.3 Å². The van der Waals surface area contributed by atoms with Crippen LogP contribution in [0.4, 0.5) is 0 Å². The summed E-state index contributed by atoms with van der Waals surface area (Å²) in [4.78, 5) is 18.2. The maximum Gasteiger partial charge on any atom is 0.268 e. The third kappa shape index (κ3) is 2.49. The zero-order valence-electron chi connectivity index (χ0n) is 14.9. The number of aromatic nitrogens is 1. The summed E-state index contributed by atoms with van der Waals surface area (Å²) in [7, 11) is 2.16. The van der Waals surface area contributed by atoms with E-state index in [-0.39, 0.29) is 17.4 Å². The second kappa shape index (κ2) is 5.60. The van der Waals surface area contributed by atoms with Gasteiger partial charge in [0.25, 0.3) is 5.91 Å². The molecule has 5 nitrogen and oxygen atoms in total. The number of amides is 1. The number of aliphatic hydroxyl groups excluding tert-OH is 1. The summed E-state index contributed by atoms with van der Waals surface area (Å²) >= 11 is 0. The summed E-state index contributed by atoms with van der Waals surface area (Å²) in [5.74, 6) is 1.05. The molecule has 4 rings (SSSR count). The van der Waals surface area contributed by atoms with E-state index in [9.17, 15) is 9.90 Å². The minimum atomic E-state index is -0.441. The predicted molar refractivity (Wildman–Crippen MR) is 93.0 cm³/mol. The first kappa shape index (κ1) is 16.2. The molecule has 1 amide bonds. The quantitative estimate of drug-likeness (QED) is 0.791. The number of carbonyl (C=O) groups excluding carboxylic acids is 1. The molecule has 2 heterocycles. The lowest BCUT2D eigenvalue weighted by atomic mass is 9.66. The summed E-state index contributed by atoms with van der Waals surface area (Å²) in [6.07, 6.45) is 5.44. The molecule has 0 aromatic carbocycles. The summed E-state index contributed by atoms with van der Waals surface area (Å²) in [6.45, 7) is 5.53. The van der Waals surface area contributed by atoms with Crippen LogP contribution >= 0.6 is 0 Å². The summed E-state index contributed by atoms with van der Waals surface area (Å²) < 4.78 is 0. The Kier molecular flexibility index (Phi) is 3.77. The Morgan fingerprint density at radius 1 is 1.42 bits per heavy atom. The fraction of sp³-hybridized carbons (Fsp3) is 0.737. The molecule has 2 unspecified atom stereocenters. The fourth-order valence-electron chi connectivity index (χ4n) is 5.55. The lowest BCUT2D eigenvalue weighted by Gasteiger charge is -2.57. The van der Waals surface area contributed by atoms with E-state index in [4.69, 9.17) is 0 Å². The smallest absolute Gasteiger partial charge is 0.268 e. The van der Waals surface area contributed by atoms with Crippen molar-refractivity contribution in [2.45, 2.75) is 63.6 Å². The maximum atomic E-state index is 12.7. The molecular formula is C19H29N3O2. The Morgan fingerprint density at radius 2 is 2.17 bits per heavy atom. The van der Waals surface area contributed by atoms with Crippen molar-refractivity contribution in [3.05, 3.63) is 23.5 Å². The molecule has 4 atom stereocenters. The van der Waals surface area contributed by atoms with E-state index >= 15 is 0 Å². The van der Waals surface area contributed by atoms with Gasteiger partial charge in [0.15, 0.2) is 0 Å². The van der Waals surface area contributed by atoms with Crippen molar-refractivity contribution in [1.82, 2.24) is 15.2 Å². The number of carbonyl (C=O) groups is 1. The van der Waals surface area contributed by atoms with Crippen LogP contribution in [-0.2, 0) is 0 Å². The number of likely N-dealkylation sites (tertiary alicyclic amines) is 1. The van der Waals surface area contributed by atoms with Crippen molar-refractivity contribution in [2.75, 3.05) is 13.6 Å². The molecule has 1 saturated heterocycles. The molecule has 3 aliphatic rings. The Bertz CT molecular complexity index is 632. The van der Waals surface area contributed by atoms with Crippen LogP contribution in [0.25, 0.3) is 0 Å². The highest BCUT2D eigenvalue weighted by molar-refractivity contribution is 5.94. The molecule has 3 fully saturated rings. The normalized spacial score (nSPS) is 36.3. The third-order valence-electron chi connectivity index (χ3n) is 6.34. The highest BCUT2D eigenvalue weighted by atomic mass is 16.3. The maximum absolute atomic E-state index is 12.7. The van der Waals surface area contributed by atoms with Gasteiger partial charge >= 0.3 is 0 Å². The number of hydrogen-bond acceptors (Lipinski definition) is 3. The molecule has 1 aliphatic heterocycles. The summed E-state index contributed by atoms with van der Waals surface area (Å²) in [6, 6.07) is 2.39. The van der Waals surface area contributed by atoms with E-state index in [2.05, 4.69) is 36.1 Å². The van der Waals surface area contributed by atoms with E-state index in [0.717, 1.165) is 24.9 Å². The Morgan fingerprint density at radius 3 is 2.79 bits per heavy atom. The highest BCUT2D eigenvalue weighted by Crippen LogP contribution is 2.52. The molecule has 1 aromatic rings. The Hall–Kier alpha value is -1.33. The number of nitrogens with zero attached hydrogens (tertiary/aromatic N) is 1. The Labute approximate surface area is 143 Å². The van der Waals surface area contributed by atoms with Gasteiger partial charge in [-0.1, -0.05) is 13.8 Å². The molecule has 5 heteroatoms. The number of rotatable bonds is 4. The van der Waals surface area contributed by atoms with Gasteiger partial charge in [0, 0.05) is 24.2 Å². The van der Waals surface area contributed by atoms with Crippen LogP contribution in [-0.4, -0.2) is 52.7 Å². The van der Waals surface area contributed by atoms with E-state index in [1.165, 1.54) is 12.8 Å². The van der Waals surface area contributed by atoms with Crippen molar-refractivity contribution in [2.24, 2.45) is 11.3 Å². The molecule has 2 saturated carbocycles. The topological polar surface area (TPSA) is 68.4 Å². The van der Waals surface area contributed by atoms with Gasteiger partial charge in [-0.25, -0.2) is 0 Å². The van der Waals surface area contributed by atoms with Crippen LogP contribution in [0.2, 0.25) is 0 Å². The van der Waals surface area contributed by atoms with Crippen LogP contribution in [0.5, 0.6) is 0 Å². The zero-order valence-corrected chi connectivity index (χ0v) is 14.9. The molecule has 1 spiro atoms. The van der Waals surface area contributed by atoms with Crippen LogP contribution < -0.4 is 5.32 Å². The van der Waals surface area contributed by atoms with Crippen LogP contribution in [0.1, 0.15) is 61.5 Å². The predicted octanol–water partition coefficient (Wildman–Crippen LogP) is 2.10. The van der Waals surface area contributed by atoms with Gasteiger partial charge in [0.1, 0.15) is 5.69 Å². The SMILES string of the molecule is CC(C)C1N(C)CC12C[C@@H](O)[C@H](NC(=O)c1[nH]ccc1C1CC1)C2. The lowest BCUT2D eigenvalue weighted by Crippen LogP contribution is -2.64. The van der Waals surface area contributed by atoms with Crippen LogP contribution in [0.3, 0.4) is 0 Å². The van der Waals surface area contributed by atoms with Crippen LogP contribution in [0.15, 0.2) is 12.3 Å². The molecular weight excluding hydrogens is 302 g/mol. The van der Waals surface area contributed by atoms with Crippen molar-refractivity contribution in [3.8, 4) is 0 Å². The van der Waals surface area contributed by atoms with Gasteiger partial charge < -0.3 is 20.3 Å². The zero-order chi connectivity index (χ0) is 17.1. The van der Waals surface area contributed by atoms with Crippen molar-refractivity contribution >= 4 is 5.91 Å². The number of aromatic amines is 1. The van der Waals surface area contributed by atoms with Crippen molar-refractivity contribution in [1.29, 1.82) is 0 Å². The van der Waals surface area contributed by atoms with Gasteiger partial charge in [-0.3, -0.25) is 4.79 Å². The van der Waals surface area contributed by atoms with Crippen molar-refractivity contribution in [3.63, 3.8) is 0 Å². The first-order chi connectivity index (χ1) is 11.4. The van der Waals surface area contributed by atoms with E-state index in [0.29, 0.717) is 23.6 Å². The molecule has 0 radical (unpaired) electrons. The average Bonchev–Trinajstić information content (AvgIpc) is 3.11. The molecule has 24 heavy (non-hydrogen) atoms. The number of aliphatic hydroxyl groups is 1. The molecule has 3 N–H and O–H groups in total. The second-order valence-corrected chi connectivity index (χ2v) is 8.60. The molecule has 2 aliphatic carbocycles. The summed E-state index contributed by atoms with van der Waals surface area (Å²) in [5.41, 5.74) is 1.99. The third-order valence-corrected chi connectivity index (χ3v) is 6.34. The van der Waals surface area contributed by atoms with Gasteiger partial charge in [-0.05, 0) is 56.2 Å². The standard InChI is InChI=1S/C19H29N3O2/c1-11(2)17-19(10-22(17)3)8-14(15(23)9-19)21-18(24)16-13(6-7-20-16)12-4-5-12/h6-7,11-12,14-15,17,20,23H,4-5,8-10H2,1-3H3,(H,21,24)/t14-,15-,17?,19?/m1/s1. The van der Waals surface area contributed by atoms with E-state index < -0.39 is 6.10 Å². The Balaban J connectivity index is 1.45. The van der Waals surface area contributed by atoms with E-state index in [1.54, 1.807) is 0 Å². The fourth-order valence-corrected chi connectivity index (χ4v) is 5.55. The van der Waals surface area contributed by atoms with Crippen molar-refractivity contribution < 1.29 is 9.90 Å². The average molecular weight is 331 g/mol. The van der Waals surface area contributed by atoms with Gasteiger partial charge in [0.2, 0.25) is 0 Å². The first-order valence-electron chi connectivity index (χ1n) is 9.28. The minimum Gasteiger partial charge on any atom is -0.391 e. The van der Waals surface area contributed by atoms with Gasteiger partial charge in [-0.15, -0.1) is 0 Å². The monoisotopic (exact) mass is 331 g/mol. The van der Waals surface area contributed by atoms with Gasteiger partial charge in [0.05, 0.1) is 12.1 Å². The largest absolute Gasteiger partial charge is 0.391 e. The highest BCUT2D eigenvalue weighted by Gasteiger charge is 2.58. The van der Waals surface area contributed by atoms with Gasteiger partial charge in [-0.2, -0.15) is 0 Å². The molecule has 0 bridgehead atoms. The molecule has 132 valence electrons. The summed E-state index contributed by atoms with van der Waals surface area (Å²) in [5, 5.41) is 13.7. The second-order valence-electron chi connectivity index (χ2n) is 8.60. The lowest BCUT2D eigenvalue weighted by molar-refractivity contribution is -0.0827. The number of hydrogen-bond donors (Lipinski definition) is 3. The first-order valence-corrected chi connectivity index (χ1v) is 9.28. The molecule has 1 aromatic heterocycles. The minimum absolute atomic E-state index is 0.0585. The number of nitrogens with one attached hydrogen (secondary N) is 2. The van der Waals surface area contributed by atoms with Crippen LogP contribution in [0, 0.1) is 11.3 Å².